The van der Waals surface area contributed by atoms with E-state index in [9.17, 15) is 9.59 Å². The summed E-state index contributed by atoms with van der Waals surface area (Å²) in [5.74, 6) is 0.877. The van der Waals surface area contributed by atoms with Crippen molar-refractivity contribution in [1.29, 1.82) is 0 Å². The van der Waals surface area contributed by atoms with Gasteiger partial charge in [-0.15, -0.1) is 0 Å². The van der Waals surface area contributed by atoms with Crippen molar-refractivity contribution < 1.29 is 19.1 Å². The van der Waals surface area contributed by atoms with Crippen molar-refractivity contribution in [3.63, 3.8) is 0 Å². The topological polar surface area (TPSA) is 76.7 Å². The van der Waals surface area contributed by atoms with Gasteiger partial charge in [0, 0.05) is 5.56 Å². The highest BCUT2D eigenvalue weighted by Crippen LogP contribution is 2.32. The minimum atomic E-state index is -0.264. The number of ether oxygens (including phenoxy) is 2. The summed E-state index contributed by atoms with van der Waals surface area (Å²) < 4.78 is 11.1. The van der Waals surface area contributed by atoms with Crippen LogP contribution in [0.15, 0.2) is 36.4 Å². The number of fused-ring (bicyclic) bond motifs is 1. The smallest absolute Gasteiger partial charge is 0.251 e. The number of hydrogen-bond donors (Lipinski definition) is 2. The maximum atomic E-state index is 12.2. The van der Waals surface area contributed by atoms with E-state index >= 15 is 0 Å². The van der Waals surface area contributed by atoms with Crippen LogP contribution in [0.4, 0.5) is 0 Å². The van der Waals surface area contributed by atoms with Gasteiger partial charge in [0.05, 0.1) is 12.6 Å². The van der Waals surface area contributed by atoms with Gasteiger partial charge in [0.25, 0.3) is 5.91 Å². The van der Waals surface area contributed by atoms with Crippen molar-refractivity contribution in [3.05, 3.63) is 58.7 Å². The van der Waals surface area contributed by atoms with Crippen LogP contribution in [0.3, 0.4) is 0 Å². The zero-order chi connectivity index (χ0) is 19.4. The average molecular weight is 368 g/mol. The maximum Gasteiger partial charge on any atom is 0.251 e. The monoisotopic (exact) mass is 368 g/mol. The van der Waals surface area contributed by atoms with Crippen LogP contribution >= 0.6 is 0 Å². The molecule has 2 aromatic rings. The number of rotatable bonds is 5. The van der Waals surface area contributed by atoms with Gasteiger partial charge >= 0.3 is 0 Å². The van der Waals surface area contributed by atoms with Crippen molar-refractivity contribution in [2.45, 2.75) is 26.8 Å². The summed E-state index contributed by atoms with van der Waals surface area (Å²) in [5.41, 5.74) is 3.62. The van der Waals surface area contributed by atoms with Crippen LogP contribution in [0.25, 0.3) is 0 Å². The molecule has 27 heavy (non-hydrogen) atoms. The lowest BCUT2D eigenvalue weighted by atomic mass is 10.1. The third-order valence-electron chi connectivity index (χ3n) is 4.62. The molecule has 0 saturated heterocycles. The first kappa shape index (κ1) is 18.8. The predicted octanol–water partition coefficient (Wildman–Crippen LogP) is 2.68. The Morgan fingerprint density at radius 1 is 1.00 bits per heavy atom. The van der Waals surface area contributed by atoms with Gasteiger partial charge in [-0.2, -0.15) is 0 Å². The van der Waals surface area contributed by atoms with Gasteiger partial charge in [0.1, 0.15) is 13.2 Å². The molecule has 1 aliphatic heterocycles. The van der Waals surface area contributed by atoms with E-state index in [0.717, 1.165) is 16.7 Å². The van der Waals surface area contributed by atoms with Crippen LogP contribution in [0, 0.1) is 13.8 Å². The van der Waals surface area contributed by atoms with Crippen LogP contribution in [0.2, 0.25) is 0 Å². The molecule has 0 spiro atoms. The highest BCUT2D eigenvalue weighted by Gasteiger charge is 2.16. The van der Waals surface area contributed by atoms with Gasteiger partial charge in [0.2, 0.25) is 5.91 Å². The Balaban J connectivity index is 1.54. The van der Waals surface area contributed by atoms with Crippen LogP contribution in [0.1, 0.15) is 40.0 Å². The van der Waals surface area contributed by atoms with E-state index < -0.39 is 0 Å². The minimum Gasteiger partial charge on any atom is -0.486 e. The maximum absolute atomic E-state index is 12.2. The molecule has 0 aromatic heterocycles. The highest BCUT2D eigenvalue weighted by atomic mass is 16.6. The second-order valence-corrected chi connectivity index (χ2v) is 6.67. The van der Waals surface area contributed by atoms with E-state index in [2.05, 4.69) is 10.6 Å². The van der Waals surface area contributed by atoms with E-state index in [-0.39, 0.29) is 24.4 Å². The molecule has 0 unspecified atom stereocenters. The summed E-state index contributed by atoms with van der Waals surface area (Å²) in [5, 5.41) is 5.54. The van der Waals surface area contributed by atoms with E-state index in [1.807, 2.05) is 51.1 Å². The number of hydrogen-bond acceptors (Lipinski definition) is 4. The van der Waals surface area contributed by atoms with Crippen molar-refractivity contribution in [2.24, 2.45) is 0 Å². The van der Waals surface area contributed by atoms with Crippen molar-refractivity contribution >= 4 is 11.8 Å². The molecule has 2 amide bonds. The summed E-state index contributed by atoms with van der Waals surface area (Å²) >= 11 is 0. The molecule has 2 N–H and O–H groups in total. The molecule has 6 heteroatoms. The summed E-state index contributed by atoms with van der Waals surface area (Å²) in [6.07, 6.45) is 0. The van der Waals surface area contributed by atoms with Crippen LogP contribution < -0.4 is 20.1 Å². The SMILES string of the molecule is Cc1ccc(C(=O)NCC(=O)N[C@H](C)c2ccc3c(c2)OCCO3)cc1C. The fourth-order valence-electron chi connectivity index (χ4n) is 2.85. The quantitative estimate of drug-likeness (QED) is 0.851. The fourth-order valence-corrected chi connectivity index (χ4v) is 2.85. The molecule has 1 atom stereocenters. The molecular formula is C21H24N2O4. The molecule has 142 valence electrons. The summed E-state index contributed by atoms with van der Waals surface area (Å²) in [4.78, 5) is 24.4. The summed E-state index contributed by atoms with van der Waals surface area (Å²) in [6.45, 7) is 6.80. The lowest BCUT2D eigenvalue weighted by Crippen LogP contribution is -2.38. The lowest BCUT2D eigenvalue weighted by molar-refractivity contribution is -0.120. The predicted molar refractivity (Wildman–Crippen MR) is 102 cm³/mol. The molecule has 6 nitrogen and oxygen atoms in total. The highest BCUT2D eigenvalue weighted by molar-refractivity contribution is 5.96. The van der Waals surface area contributed by atoms with Crippen LogP contribution in [-0.4, -0.2) is 31.6 Å². The first-order valence-electron chi connectivity index (χ1n) is 8.98. The van der Waals surface area contributed by atoms with E-state index in [1.165, 1.54) is 0 Å². The fraction of sp³-hybridized carbons (Fsp3) is 0.333. The van der Waals surface area contributed by atoms with Gasteiger partial charge in [-0.05, 0) is 61.7 Å². The van der Waals surface area contributed by atoms with Gasteiger partial charge in [0.15, 0.2) is 11.5 Å². The average Bonchev–Trinajstić information content (AvgIpc) is 2.67. The lowest BCUT2D eigenvalue weighted by Gasteiger charge is -2.21. The number of aryl methyl sites for hydroxylation is 2. The second kappa shape index (κ2) is 8.12. The third kappa shape index (κ3) is 4.58. The zero-order valence-corrected chi connectivity index (χ0v) is 15.8. The number of benzene rings is 2. The molecule has 0 fully saturated rings. The number of carbonyl (C=O) groups is 2. The van der Waals surface area contributed by atoms with Crippen LogP contribution in [0.5, 0.6) is 11.5 Å². The number of carbonyl (C=O) groups excluding carboxylic acids is 2. The Bertz CT molecular complexity index is 863. The molecule has 1 aliphatic rings. The Morgan fingerprint density at radius 2 is 1.74 bits per heavy atom. The molecule has 3 rings (SSSR count). The van der Waals surface area contributed by atoms with Gasteiger partial charge < -0.3 is 20.1 Å². The zero-order valence-electron chi connectivity index (χ0n) is 15.8. The van der Waals surface area contributed by atoms with E-state index in [0.29, 0.717) is 30.3 Å². The molecule has 2 aromatic carbocycles. The van der Waals surface area contributed by atoms with Crippen LogP contribution in [-0.2, 0) is 4.79 Å². The standard InChI is InChI=1S/C21H24N2O4/c1-13-4-5-17(10-14(13)2)21(25)22-12-20(24)23-15(3)16-6-7-18-19(11-16)27-9-8-26-18/h4-7,10-11,15H,8-9,12H2,1-3H3,(H,22,25)(H,23,24)/t15-/m1/s1. The molecule has 0 aliphatic carbocycles. The minimum absolute atomic E-state index is 0.0827. The first-order chi connectivity index (χ1) is 12.9. The third-order valence-corrected chi connectivity index (χ3v) is 4.62. The van der Waals surface area contributed by atoms with E-state index in [1.54, 1.807) is 6.07 Å². The normalized spacial score (nSPS) is 13.6. The van der Waals surface area contributed by atoms with Gasteiger partial charge in [-0.25, -0.2) is 0 Å². The number of amides is 2. The summed E-state index contributed by atoms with van der Waals surface area (Å²) in [7, 11) is 0. The molecule has 0 radical (unpaired) electrons. The molecular weight excluding hydrogens is 344 g/mol. The largest absolute Gasteiger partial charge is 0.486 e. The van der Waals surface area contributed by atoms with Gasteiger partial charge in [-0.1, -0.05) is 12.1 Å². The Kier molecular flexibility index (Phi) is 5.64. The Labute approximate surface area is 158 Å². The molecule has 0 bridgehead atoms. The second-order valence-electron chi connectivity index (χ2n) is 6.67. The molecule has 1 heterocycles. The van der Waals surface area contributed by atoms with Crippen molar-refractivity contribution in [1.82, 2.24) is 10.6 Å². The molecule has 0 saturated carbocycles. The van der Waals surface area contributed by atoms with Crippen molar-refractivity contribution in [3.8, 4) is 11.5 Å². The van der Waals surface area contributed by atoms with Crippen molar-refractivity contribution in [2.75, 3.05) is 19.8 Å². The Hall–Kier alpha value is -3.02. The number of nitrogens with one attached hydrogen (secondary N) is 2. The Morgan fingerprint density at radius 3 is 2.48 bits per heavy atom. The van der Waals surface area contributed by atoms with Gasteiger partial charge in [-0.3, -0.25) is 9.59 Å². The summed E-state index contributed by atoms with van der Waals surface area (Å²) in [6, 6.07) is 10.9. The van der Waals surface area contributed by atoms with E-state index in [4.69, 9.17) is 9.47 Å². The first-order valence-corrected chi connectivity index (χ1v) is 8.98.